The van der Waals surface area contributed by atoms with E-state index in [1.54, 1.807) is 6.07 Å². The first kappa shape index (κ1) is 14.1. The Labute approximate surface area is 117 Å². The summed E-state index contributed by atoms with van der Waals surface area (Å²) in [6, 6.07) is 11.9. The van der Waals surface area contributed by atoms with Gasteiger partial charge in [-0.05, 0) is 42.8 Å². The lowest BCUT2D eigenvalue weighted by Gasteiger charge is -2.07. The van der Waals surface area contributed by atoms with Crippen LogP contribution < -0.4 is 10.1 Å². The van der Waals surface area contributed by atoms with E-state index >= 15 is 0 Å². The SMILES string of the molecule is COc1ccc(C(=O)CNc2cccc(C)c2)cc1F. The topological polar surface area (TPSA) is 38.3 Å². The molecule has 0 aliphatic heterocycles. The van der Waals surface area contributed by atoms with Crippen molar-refractivity contribution in [1.29, 1.82) is 0 Å². The van der Waals surface area contributed by atoms with E-state index in [1.807, 2.05) is 31.2 Å². The van der Waals surface area contributed by atoms with Crippen molar-refractivity contribution < 1.29 is 13.9 Å². The van der Waals surface area contributed by atoms with E-state index in [1.165, 1.54) is 19.2 Å². The minimum atomic E-state index is -0.533. The fourth-order valence-corrected chi connectivity index (χ4v) is 1.88. The average Bonchev–Trinajstić information content (AvgIpc) is 2.44. The number of benzene rings is 2. The van der Waals surface area contributed by atoms with Crippen LogP contribution in [0, 0.1) is 12.7 Å². The summed E-state index contributed by atoms with van der Waals surface area (Å²) in [6.07, 6.45) is 0. The summed E-state index contributed by atoms with van der Waals surface area (Å²) >= 11 is 0. The summed E-state index contributed by atoms with van der Waals surface area (Å²) < 4.78 is 18.3. The highest BCUT2D eigenvalue weighted by Crippen LogP contribution is 2.18. The molecule has 0 fully saturated rings. The molecule has 1 N–H and O–H groups in total. The normalized spacial score (nSPS) is 10.2. The molecular weight excluding hydrogens is 257 g/mol. The van der Waals surface area contributed by atoms with Gasteiger partial charge < -0.3 is 10.1 Å². The number of Topliss-reactive ketones (excluding diaryl/α,β-unsaturated/α-hetero) is 1. The van der Waals surface area contributed by atoms with Gasteiger partial charge in [0.15, 0.2) is 17.3 Å². The number of aryl methyl sites for hydroxylation is 1. The molecule has 0 radical (unpaired) electrons. The number of hydrogen-bond donors (Lipinski definition) is 1. The predicted octanol–water partition coefficient (Wildman–Crippen LogP) is 3.44. The summed E-state index contributed by atoms with van der Waals surface area (Å²) in [5, 5.41) is 3.03. The van der Waals surface area contributed by atoms with E-state index in [0.29, 0.717) is 5.56 Å². The highest BCUT2D eigenvalue weighted by molar-refractivity contribution is 5.99. The first-order valence-corrected chi connectivity index (χ1v) is 6.27. The predicted molar refractivity (Wildman–Crippen MR) is 77.0 cm³/mol. The van der Waals surface area contributed by atoms with E-state index in [9.17, 15) is 9.18 Å². The maximum atomic E-state index is 13.5. The van der Waals surface area contributed by atoms with Gasteiger partial charge in [0, 0.05) is 11.3 Å². The molecule has 0 saturated heterocycles. The van der Waals surface area contributed by atoms with Crippen LogP contribution in [0.4, 0.5) is 10.1 Å². The van der Waals surface area contributed by atoms with Gasteiger partial charge in [0.05, 0.1) is 13.7 Å². The summed E-state index contributed by atoms with van der Waals surface area (Å²) in [6.45, 7) is 2.10. The molecule has 2 rings (SSSR count). The number of rotatable bonds is 5. The molecule has 0 aliphatic rings. The summed E-state index contributed by atoms with van der Waals surface area (Å²) in [5.74, 6) is -0.574. The van der Waals surface area contributed by atoms with Crippen molar-refractivity contribution in [2.24, 2.45) is 0 Å². The number of carbonyl (C=O) groups excluding carboxylic acids is 1. The molecule has 0 heterocycles. The second-order valence-corrected chi connectivity index (χ2v) is 4.50. The maximum absolute atomic E-state index is 13.5. The van der Waals surface area contributed by atoms with Crippen LogP contribution in [-0.2, 0) is 0 Å². The van der Waals surface area contributed by atoms with Gasteiger partial charge in [0.1, 0.15) is 0 Å². The summed E-state index contributed by atoms with van der Waals surface area (Å²) in [4.78, 5) is 12.0. The second kappa shape index (κ2) is 6.19. The lowest BCUT2D eigenvalue weighted by molar-refractivity contribution is 0.101. The van der Waals surface area contributed by atoms with Gasteiger partial charge in [-0.3, -0.25) is 4.79 Å². The Morgan fingerprint density at radius 2 is 2.05 bits per heavy atom. The third kappa shape index (κ3) is 3.35. The Morgan fingerprint density at radius 1 is 1.25 bits per heavy atom. The van der Waals surface area contributed by atoms with Crippen LogP contribution >= 0.6 is 0 Å². The Morgan fingerprint density at radius 3 is 2.70 bits per heavy atom. The molecule has 0 saturated carbocycles. The van der Waals surface area contributed by atoms with Crippen molar-refractivity contribution in [3.05, 3.63) is 59.4 Å². The van der Waals surface area contributed by atoms with Gasteiger partial charge in [-0.25, -0.2) is 4.39 Å². The largest absolute Gasteiger partial charge is 0.494 e. The van der Waals surface area contributed by atoms with Crippen LogP contribution in [0.15, 0.2) is 42.5 Å². The van der Waals surface area contributed by atoms with Crippen molar-refractivity contribution in [3.63, 3.8) is 0 Å². The van der Waals surface area contributed by atoms with E-state index in [4.69, 9.17) is 4.74 Å². The minimum Gasteiger partial charge on any atom is -0.494 e. The minimum absolute atomic E-state index is 0.120. The summed E-state index contributed by atoms with van der Waals surface area (Å²) in [5.41, 5.74) is 2.30. The zero-order valence-electron chi connectivity index (χ0n) is 11.4. The smallest absolute Gasteiger partial charge is 0.181 e. The zero-order chi connectivity index (χ0) is 14.5. The van der Waals surface area contributed by atoms with Gasteiger partial charge in [-0.15, -0.1) is 0 Å². The van der Waals surface area contributed by atoms with Crippen molar-refractivity contribution >= 4 is 11.5 Å². The Hall–Kier alpha value is -2.36. The molecule has 2 aromatic carbocycles. The number of ether oxygens (including phenoxy) is 1. The number of carbonyl (C=O) groups is 1. The molecule has 0 atom stereocenters. The Balaban J connectivity index is 2.03. The van der Waals surface area contributed by atoms with Crippen LogP contribution in [-0.4, -0.2) is 19.4 Å². The fraction of sp³-hybridized carbons (Fsp3) is 0.188. The zero-order valence-corrected chi connectivity index (χ0v) is 11.4. The molecule has 4 heteroatoms. The lowest BCUT2D eigenvalue weighted by atomic mass is 10.1. The van der Waals surface area contributed by atoms with Crippen LogP contribution in [0.1, 0.15) is 15.9 Å². The third-order valence-corrected chi connectivity index (χ3v) is 2.94. The molecule has 0 bridgehead atoms. The fourth-order valence-electron chi connectivity index (χ4n) is 1.88. The number of hydrogen-bond acceptors (Lipinski definition) is 3. The highest BCUT2D eigenvalue weighted by atomic mass is 19.1. The number of halogens is 1. The molecular formula is C16H16FNO2. The molecule has 2 aromatic rings. The second-order valence-electron chi connectivity index (χ2n) is 4.50. The van der Waals surface area contributed by atoms with Crippen molar-refractivity contribution in [1.82, 2.24) is 0 Å². The first-order valence-electron chi connectivity index (χ1n) is 6.27. The highest BCUT2D eigenvalue weighted by Gasteiger charge is 2.10. The quantitative estimate of drug-likeness (QED) is 0.848. The first-order chi connectivity index (χ1) is 9.60. The standard InChI is InChI=1S/C16H16FNO2/c1-11-4-3-5-13(8-11)18-10-15(19)12-6-7-16(20-2)14(17)9-12/h3-9,18H,10H2,1-2H3. The Kier molecular flexibility index (Phi) is 4.35. The monoisotopic (exact) mass is 273 g/mol. The van der Waals surface area contributed by atoms with Crippen LogP contribution in [0.3, 0.4) is 0 Å². The van der Waals surface area contributed by atoms with E-state index in [2.05, 4.69) is 5.32 Å². The Bertz CT molecular complexity index is 626. The third-order valence-electron chi connectivity index (χ3n) is 2.94. The average molecular weight is 273 g/mol. The van der Waals surface area contributed by atoms with Crippen LogP contribution in [0.25, 0.3) is 0 Å². The maximum Gasteiger partial charge on any atom is 0.181 e. The van der Waals surface area contributed by atoms with Gasteiger partial charge >= 0.3 is 0 Å². The van der Waals surface area contributed by atoms with E-state index < -0.39 is 5.82 Å². The molecule has 0 unspecified atom stereocenters. The van der Waals surface area contributed by atoms with E-state index in [0.717, 1.165) is 11.3 Å². The number of anilines is 1. The molecule has 0 amide bonds. The molecule has 20 heavy (non-hydrogen) atoms. The van der Waals surface area contributed by atoms with Gasteiger partial charge in [0.25, 0.3) is 0 Å². The number of nitrogens with one attached hydrogen (secondary N) is 1. The van der Waals surface area contributed by atoms with Crippen LogP contribution in [0.2, 0.25) is 0 Å². The van der Waals surface area contributed by atoms with Crippen LogP contribution in [0.5, 0.6) is 5.75 Å². The number of methoxy groups -OCH3 is 1. The van der Waals surface area contributed by atoms with Gasteiger partial charge in [-0.1, -0.05) is 12.1 Å². The molecule has 0 spiro atoms. The van der Waals surface area contributed by atoms with E-state index in [-0.39, 0.29) is 18.1 Å². The van der Waals surface area contributed by atoms with Gasteiger partial charge in [-0.2, -0.15) is 0 Å². The van der Waals surface area contributed by atoms with Crippen molar-refractivity contribution in [2.75, 3.05) is 19.0 Å². The van der Waals surface area contributed by atoms with Crippen molar-refractivity contribution in [3.8, 4) is 5.75 Å². The van der Waals surface area contributed by atoms with Gasteiger partial charge in [0.2, 0.25) is 0 Å². The molecule has 3 nitrogen and oxygen atoms in total. The summed E-state index contributed by atoms with van der Waals surface area (Å²) in [7, 11) is 1.39. The molecule has 0 aliphatic carbocycles. The number of ketones is 1. The van der Waals surface area contributed by atoms with Crippen molar-refractivity contribution in [2.45, 2.75) is 6.92 Å². The molecule has 0 aromatic heterocycles. The lowest BCUT2D eigenvalue weighted by Crippen LogP contribution is -2.14. The molecule has 104 valence electrons.